The predicted molar refractivity (Wildman–Crippen MR) is 91.9 cm³/mol. The van der Waals surface area contributed by atoms with Crippen molar-refractivity contribution in [2.75, 3.05) is 0 Å². The number of hydrazone groups is 1. The van der Waals surface area contributed by atoms with E-state index in [0.717, 1.165) is 10.2 Å². The second-order valence-corrected chi connectivity index (χ2v) is 5.90. The summed E-state index contributed by atoms with van der Waals surface area (Å²) in [5.41, 5.74) is 3.60. The van der Waals surface area contributed by atoms with Gasteiger partial charge in [0.15, 0.2) is 11.5 Å². The minimum atomic E-state index is -0.480. The number of carbonyl (C=O) groups excluding carboxylic acids is 1. The number of aryl methyl sites for hydroxylation is 1. The molecule has 0 aliphatic carbocycles. The Morgan fingerprint density at radius 3 is 2.96 bits per heavy atom. The predicted octanol–water partition coefficient (Wildman–Crippen LogP) is 3.21. The lowest BCUT2D eigenvalue weighted by molar-refractivity contribution is 0.0950. The summed E-state index contributed by atoms with van der Waals surface area (Å²) in [5.74, 6) is 0.948. The van der Waals surface area contributed by atoms with Crippen LogP contribution in [0.25, 0.3) is 11.5 Å². The SMILES string of the molecule is Cc1ccc(-c2cc(C(=O)N/N=C\c3cc(Br)ccc3O)n[nH]2)o1. The van der Waals surface area contributed by atoms with Crippen LogP contribution >= 0.6 is 15.9 Å². The zero-order chi connectivity index (χ0) is 17.1. The van der Waals surface area contributed by atoms with Gasteiger partial charge in [0.1, 0.15) is 17.2 Å². The fourth-order valence-corrected chi connectivity index (χ4v) is 2.37. The van der Waals surface area contributed by atoms with Crippen LogP contribution in [0, 0.1) is 6.92 Å². The molecule has 3 rings (SSSR count). The van der Waals surface area contributed by atoms with Gasteiger partial charge < -0.3 is 9.52 Å². The number of furan rings is 1. The van der Waals surface area contributed by atoms with Crippen LogP contribution in [0.5, 0.6) is 5.75 Å². The molecule has 0 unspecified atom stereocenters. The number of carbonyl (C=O) groups is 1. The van der Waals surface area contributed by atoms with Crippen molar-refractivity contribution in [2.45, 2.75) is 6.92 Å². The molecule has 2 heterocycles. The molecule has 1 aromatic carbocycles. The molecule has 1 amide bonds. The normalized spacial score (nSPS) is 11.1. The number of phenolic OH excluding ortho intramolecular Hbond substituents is 1. The lowest BCUT2D eigenvalue weighted by atomic mass is 10.2. The van der Waals surface area contributed by atoms with Gasteiger partial charge in [-0.1, -0.05) is 15.9 Å². The molecule has 24 heavy (non-hydrogen) atoms. The summed E-state index contributed by atoms with van der Waals surface area (Å²) < 4.78 is 6.25. The average molecular weight is 389 g/mol. The van der Waals surface area contributed by atoms with Crippen LogP contribution in [-0.2, 0) is 0 Å². The number of benzene rings is 1. The van der Waals surface area contributed by atoms with Gasteiger partial charge in [0.25, 0.3) is 5.91 Å². The standard InChI is InChI=1S/C16H13BrN4O3/c1-9-2-5-15(24-9)12-7-13(20-19-12)16(23)21-18-8-10-6-11(17)3-4-14(10)22/h2-8,22H,1H3,(H,19,20)(H,21,23)/b18-8-. The van der Waals surface area contributed by atoms with E-state index in [0.29, 0.717) is 17.0 Å². The molecule has 0 aliphatic rings. The van der Waals surface area contributed by atoms with Gasteiger partial charge in [0.05, 0.1) is 6.21 Å². The van der Waals surface area contributed by atoms with E-state index in [1.54, 1.807) is 24.3 Å². The Labute approximate surface area is 145 Å². The summed E-state index contributed by atoms with van der Waals surface area (Å²) in [6, 6.07) is 10.1. The van der Waals surface area contributed by atoms with Crippen molar-refractivity contribution >= 4 is 28.1 Å². The van der Waals surface area contributed by atoms with Gasteiger partial charge in [-0.25, -0.2) is 5.43 Å². The molecular formula is C16H13BrN4O3. The Kier molecular flexibility index (Phi) is 4.48. The molecule has 2 aromatic heterocycles. The third-order valence-electron chi connectivity index (χ3n) is 3.18. The van der Waals surface area contributed by atoms with E-state index >= 15 is 0 Å². The minimum absolute atomic E-state index is 0.0615. The number of hydrogen-bond donors (Lipinski definition) is 3. The first-order chi connectivity index (χ1) is 11.5. The molecule has 3 N–H and O–H groups in total. The van der Waals surface area contributed by atoms with E-state index in [9.17, 15) is 9.90 Å². The van der Waals surface area contributed by atoms with E-state index in [2.05, 4.69) is 36.7 Å². The Balaban J connectivity index is 1.68. The van der Waals surface area contributed by atoms with Gasteiger partial charge in [-0.15, -0.1) is 0 Å². The zero-order valence-corrected chi connectivity index (χ0v) is 14.2. The summed E-state index contributed by atoms with van der Waals surface area (Å²) in [4.78, 5) is 12.0. The molecule has 0 saturated carbocycles. The van der Waals surface area contributed by atoms with E-state index in [4.69, 9.17) is 4.42 Å². The van der Waals surface area contributed by atoms with Crippen molar-refractivity contribution in [1.82, 2.24) is 15.6 Å². The molecular weight excluding hydrogens is 376 g/mol. The highest BCUT2D eigenvalue weighted by atomic mass is 79.9. The minimum Gasteiger partial charge on any atom is -0.507 e. The average Bonchev–Trinajstić information content (AvgIpc) is 3.19. The lowest BCUT2D eigenvalue weighted by Crippen LogP contribution is -2.18. The van der Waals surface area contributed by atoms with Crippen LogP contribution < -0.4 is 5.43 Å². The largest absolute Gasteiger partial charge is 0.507 e. The molecule has 3 aromatic rings. The van der Waals surface area contributed by atoms with Crippen LogP contribution in [0.3, 0.4) is 0 Å². The topological polar surface area (TPSA) is 104 Å². The van der Waals surface area contributed by atoms with Gasteiger partial charge in [0.2, 0.25) is 0 Å². The Morgan fingerprint density at radius 2 is 2.21 bits per heavy atom. The monoisotopic (exact) mass is 388 g/mol. The van der Waals surface area contributed by atoms with Crippen molar-refractivity contribution in [3.63, 3.8) is 0 Å². The van der Waals surface area contributed by atoms with Gasteiger partial charge in [-0.05, 0) is 37.3 Å². The number of rotatable bonds is 4. The Hall–Kier alpha value is -2.87. The second kappa shape index (κ2) is 6.71. The maximum absolute atomic E-state index is 12.0. The molecule has 0 bridgehead atoms. The first-order valence-electron chi connectivity index (χ1n) is 6.97. The molecule has 0 fully saturated rings. The molecule has 0 saturated heterocycles. The van der Waals surface area contributed by atoms with Gasteiger partial charge in [-0.3, -0.25) is 9.89 Å². The Bertz CT molecular complexity index is 914. The van der Waals surface area contributed by atoms with Crippen molar-refractivity contribution in [1.29, 1.82) is 0 Å². The summed E-state index contributed by atoms with van der Waals surface area (Å²) in [5, 5.41) is 20.2. The quantitative estimate of drug-likeness (QED) is 0.471. The first-order valence-corrected chi connectivity index (χ1v) is 7.76. The fourth-order valence-electron chi connectivity index (χ4n) is 1.99. The molecule has 122 valence electrons. The van der Waals surface area contributed by atoms with Crippen LogP contribution in [0.15, 0.2) is 50.4 Å². The Morgan fingerprint density at radius 1 is 1.38 bits per heavy atom. The molecule has 0 aliphatic heterocycles. The number of amides is 1. The number of aromatic amines is 1. The number of aromatic hydroxyl groups is 1. The summed E-state index contributed by atoms with van der Waals surface area (Å²) in [7, 11) is 0. The number of aromatic nitrogens is 2. The number of phenols is 1. The highest BCUT2D eigenvalue weighted by Gasteiger charge is 2.12. The van der Waals surface area contributed by atoms with Crippen LogP contribution in [-0.4, -0.2) is 27.4 Å². The van der Waals surface area contributed by atoms with Crippen molar-refractivity contribution in [3.05, 3.63) is 57.9 Å². The van der Waals surface area contributed by atoms with Gasteiger partial charge in [0, 0.05) is 16.1 Å². The summed E-state index contributed by atoms with van der Waals surface area (Å²) >= 11 is 3.30. The highest BCUT2D eigenvalue weighted by molar-refractivity contribution is 9.10. The van der Waals surface area contributed by atoms with Crippen molar-refractivity contribution < 1.29 is 14.3 Å². The third-order valence-corrected chi connectivity index (χ3v) is 3.67. The molecule has 0 atom stereocenters. The van der Waals surface area contributed by atoms with Crippen LogP contribution in [0.1, 0.15) is 21.8 Å². The lowest BCUT2D eigenvalue weighted by Gasteiger charge is -1.99. The number of H-pyrrole nitrogens is 1. The summed E-state index contributed by atoms with van der Waals surface area (Å²) in [6.07, 6.45) is 1.35. The van der Waals surface area contributed by atoms with Crippen molar-refractivity contribution in [3.8, 4) is 17.2 Å². The first kappa shape index (κ1) is 16.0. The van der Waals surface area contributed by atoms with E-state index in [1.165, 1.54) is 12.3 Å². The molecule has 7 nitrogen and oxygen atoms in total. The highest BCUT2D eigenvalue weighted by Crippen LogP contribution is 2.21. The number of nitrogens with one attached hydrogen (secondary N) is 2. The molecule has 0 radical (unpaired) electrons. The van der Waals surface area contributed by atoms with E-state index < -0.39 is 5.91 Å². The number of nitrogens with zero attached hydrogens (tertiary/aromatic N) is 2. The smallest absolute Gasteiger partial charge is 0.291 e. The van der Waals surface area contributed by atoms with Crippen LogP contribution in [0.2, 0.25) is 0 Å². The van der Waals surface area contributed by atoms with E-state index in [-0.39, 0.29) is 11.4 Å². The second-order valence-electron chi connectivity index (χ2n) is 4.98. The fraction of sp³-hybridized carbons (Fsp3) is 0.0625. The van der Waals surface area contributed by atoms with E-state index in [1.807, 2.05) is 13.0 Å². The maximum Gasteiger partial charge on any atom is 0.291 e. The van der Waals surface area contributed by atoms with Crippen molar-refractivity contribution in [2.24, 2.45) is 5.10 Å². The van der Waals surface area contributed by atoms with Gasteiger partial charge in [-0.2, -0.15) is 10.2 Å². The summed E-state index contributed by atoms with van der Waals surface area (Å²) in [6.45, 7) is 1.83. The van der Waals surface area contributed by atoms with Gasteiger partial charge >= 0.3 is 0 Å². The maximum atomic E-state index is 12.0. The third kappa shape index (κ3) is 3.54. The number of hydrogen-bond acceptors (Lipinski definition) is 5. The van der Waals surface area contributed by atoms with Crippen LogP contribution in [0.4, 0.5) is 0 Å². The zero-order valence-electron chi connectivity index (χ0n) is 12.6. The molecule has 0 spiro atoms. The number of halogens is 1. The molecule has 8 heteroatoms.